The van der Waals surface area contributed by atoms with Gasteiger partial charge in [-0.15, -0.1) is 0 Å². The highest BCUT2D eigenvalue weighted by atomic mass is 32.2. The summed E-state index contributed by atoms with van der Waals surface area (Å²) in [6.45, 7) is 12.2. The minimum atomic E-state index is 0.00760. The molecule has 1 aliphatic rings. The van der Waals surface area contributed by atoms with Crippen molar-refractivity contribution in [3.05, 3.63) is 41.7 Å². The maximum absolute atomic E-state index is 8.69. The van der Waals surface area contributed by atoms with Gasteiger partial charge in [0.2, 0.25) is 5.88 Å². The van der Waals surface area contributed by atoms with Crippen molar-refractivity contribution >= 4 is 29.2 Å². The fraction of sp³-hybridized carbons (Fsp3) is 0.476. The maximum atomic E-state index is 8.69. The zero-order chi connectivity index (χ0) is 21.0. The molecule has 0 spiro atoms. The molecule has 3 heterocycles. The number of nitrogens with zero attached hydrogens (tertiary/aromatic N) is 4. The van der Waals surface area contributed by atoms with Crippen LogP contribution in [0.25, 0.3) is 0 Å². The van der Waals surface area contributed by atoms with Crippen LogP contribution in [-0.2, 0) is 0 Å². The Morgan fingerprint density at radius 1 is 1.14 bits per heavy atom. The molecule has 1 saturated heterocycles. The van der Waals surface area contributed by atoms with Crippen LogP contribution in [0.4, 0.5) is 11.5 Å². The molecule has 1 aliphatic heterocycles. The summed E-state index contributed by atoms with van der Waals surface area (Å²) < 4.78 is 8.08. The average Bonchev–Trinajstić information content (AvgIpc) is 2.69. The van der Waals surface area contributed by atoms with E-state index in [1.807, 2.05) is 37.9 Å². The minimum Gasteiger partial charge on any atom is -0.475 e. The third-order valence-electron chi connectivity index (χ3n) is 4.49. The first-order valence-corrected chi connectivity index (χ1v) is 10.8. The molecule has 7 nitrogen and oxygen atoms in total. The summed E-state index contributed by atoms with van der Waals surface area (Å²) in [6, 6.07) is 5.55. The van der Waals surface area contributed by atoms with Crippen LogP contribution in [0.1, 0.15) is 38.8 Å². The number of hydrogen-bond acceptors (Lipinski definition) is 8. The second kappa shape index (κ2) is 9.45. The summed E-state index contributed by atoms with van der Waals surface area (Å²) in [5, 5.41) is 9.29. The van der Waals surface area contributed by atoms with E-state index in [1.165, 1.54) is 0 Å². The van der Waals surface area contributed by atoms with Crippen molar-refractivity contribution in [2.75, 3.05) is 36.8 Å². The van der Waals surface area contributed by atoms with E-state index < -0.39 is 0 Å². The summed E-state index contributed by atoms with van der Waals surface area (Å²) >= 11 is 1.91. The van der Waals surface area contributed by atoms with Gasteiger partial charge in [0.15, 0.2) is 0 Å². The second-order valence-corrected chi connectivity index (χ2v) is 9.29. The monoisotopic (exact) mass is 414 g/mol. The largest absolute Gasteiger partial charge is 0.475 e. The van der Waals surface area contributed by atoms with Crippen molar-refractivity contribution in [3.8, 4) is 5.88 Å². The Hall–Kier alpha value is -2.32. The van der Waals surface area contributed by atoms with Gasteiger partial charge in [-0.25, -0.2) is 14.3 Å². The van der Waals surface area contributed by atoms with Crippen LogP contribution in [0.5, 0.6) is 5.88 Å². The molecule has 0 saturated carbocycles. The van der Waals surface area contributed by atoms with Gasteiger partial charge >= 0.3 is 0 Å². The molecule has 0 bridgehead atoms. The van der Waals surface area contributed by atoms with Crippen molar-refractivity contribution in [3.63, 3.8) is 0 Å². The number of anilines is 2. The highest BCUT2D eigenvalue weighted by molar-refractivity contribution is 7.97. The van der Waals surface area contributed by atoms with Crippen molar-refractivity contribution < 1.29 is 4.74 Å². The van der Waals surface area contributed by atoms with Crippen LogP contribution in [0.15, 0.2) is 30.6 Å². The lowest BCUT2D eigenvalue weighted by Crippen LogP contribution is -2.44. The molecule has 8 heteroatoms. The molecule has 2 aromatic rings. The predicted octanol–water partition coefficient (Wildman–Crippen LogP) is 3.44. The predicted molar refractivity (Wildman–Crippen MR) is 121 cm³/mol. The first-order chi connectivity index (χ1) is 13.8. The number of rotatable bonds is 7. The lowest BCUT2D eigenvalue weighted by atomic mass is 10.0. The van der Waals surface area contributed by atoms with Gasteiger partial charge in [-0.05, 0) is 26.0 Å². The molecule has 0 amide bonds. The topological polar surface area (TPSA) is 91.4 Å². The normalized spacial score (nSPS) is 15.2. The Balaban J connectivity index is 1.75. The van der Waals surface area contributed by atoms with E-state index in [0.29, 0.717) is 28.1 Å². The number of hydrogen-bond donors (Lipinski definition) is 2. The first kappa shape index (κ1) is 21.4. The standard InChI is InChI=1S/C21H30N6OS/c1-14(2)28-20-12-17(18(22)13-25-20)21(23)16-5-6-24-19(11-16)26-7-9-27(10-8-26)29-15(3)4/h5-6,11-15,23H,7-10,22H2,1-4H3. The SMILES string of the molecule is CC(C)Oc1cc(C(=N)c2ccnc(N3CCN(SC(C)C)CC3)c2)c(N)cn1. The summed E-state index contributed by atoms with van der Waals surface area (Å²) in [5.74, 6) is 1.37. The summed E-state index contributed by atoms with van der Waals surface area (Å²) in [4.78, 5) is 11.0. The average molecular weight is 415 g/mol. The van der Waals surface area contributed by atoms with E-state index in [1.54, 1.807) is 18.5 Å². The molecular formula is C21H30N6OS. The smallest absolute Gasteiger partial charge is 0.214 e. The fourth-order valence-electron chi connectivity index (χ4n) is 3.19. The van der Waals surface area contributed by atoms with Crippen LogP contribution in [0.3, 0.4) is 0 Å². The zero-order valence-electron chi connectivity index (χ0n) is 17.6. The van der Waals surface area contributed by atoms with Gasteiger partial charge in [-0.1, -0.05) is 25.8 Å². The van der Waals surface area contributed by atoms with Crippen LogP contribution in [0.2, 0.25) is 0 Å². The number of piperazine rings is 1. The summed E-state index contributed by atoms with van der Waals surface area (Å²) in [6.07, 6.45) is 3.32. The number of nitrogen functional groups attached to an aromatic ring is 1. The highest BCUT2D eigenvalue weighted by Crippen LogP contribution is 2.24. The molecule has 1 fully saturated rings. The van der Waals surface area contributed by atoms with E-state index in [0.717, 1.165) is 37.6 Å². The maximum Gasteiger partial charge on any atom is 0.214 e. The quantitative estimate of drug-likeness (QED) is 0.530. The van der Waals surface area contributed by atoms with Crippen LogP contribution in [-0.4, -0.2) is 57.5 Å². The Morgan fingerprint density at radius 3 is 2.52 bits per heavy atom. The lowest BCUT2D eigenvalue weighted by molar-refractivity contribution is 0.232. The third-order valence-corrected chi connectivity index (χ3v) is 5.58. The Kier molecular flexibility index (Phi) is 6.97. The van der Waals surface area contributed by atoms with Gasteiger partial charge in [-0.3, -0.25) is 5.41 Å². The molecular weight excluding hydrogens is 384 g/mol. The van der Waals surface area contributed by atoms with Gasteiger partial charge < -0.3 is 15.4 Å². The highest BCUT2D eigenvalue weighted by Gasteiger charge is 2.20. The Bertz CT molecular complexity index is 849. The molecule has 29 heavy (non-hydrogen) atoms. The van der Waals surface area contributed by atoms with E-state index >= 15 is 0 Å². The lowest BCUT2D eigenvalue weighted by Gasteiger charge is -2.35. The van der Waals surface area contributed by atoms with Gasteiger partial charge in [0.1, 0.15) is 5.82 Å². The van der Waals surface area contributed by atoms with Crippen LogP contribution >= 0.6 is 11.9 Å². The second-order valence-electron chi connectivity index (χ2n) is 7.62. The van der Waals surface area contributed by atoms with Gasteiger partial charge in [0.25, 0.3) is 0 Å². The van der Waals surface area contributed by atoms with Gasteiger partial charge in [-0.2, -0.15) is 0 Å². The zero-order valence-corrected chi connectivity index (χ0v) is 18.4. The molecule has 0 aliphatic carbocycles. The van der Waals surface area contributed by atoms with Gasteiger partial charge in [0, 0.05) is 54.8 Å². The fourth-order valence-corrected chi connectivity index (χ4v) is 4.16. The third kappa shape index (κ3) is 5.61. The molecule has 2 aromatic heterocycles. The van der Waals surface area contributed by atoms with Crippen molar-refractivity contribution in [1.29, 1.82) is 5.41 Å². The van der Waals surface area contributed by atoms with Crippen LogP contribution < -0.4 is 15.4 Å². The number of aromatic nitrogens is 2. The van der Waals surface area contributed by atoms with E-state index in [4.69, 9.17) is 15.9 Å². The Labute approximate surface area is 177 Å². The summed E-state index contributed by atoms with van der Waals surface area (Å²) in [7, 11) is 0. The number of pyridine rings is 2. The van der Waals surface area contributed by atoms with E-state index in [-0.39, 0.29) is 6.10 Å². The van der Waals surface area contributed by atoms with E-state index in [9.17, 15) is 0 Å². The number of nitrogens with one attached hydrogen (secondary N) is 1. The molecule has 0 atom stereocenters. The molecule has 0 unspecified atom stereocenters. The molecule has 0 radical (unpaired) electrons. The number of ether oxygens (including phenoxy) is 1. The van der Waals surface area contributed by atoms with Crippen molar-refractivity contribution in [2.24, 2.45) is 0 Å². The molecule has 0 aromatic carbocycles. The van der Waals surface area contributed by atoms with E-state index in [2.05, 4.69) is 33.0 Å². The van der Waals surface area contributed by atoms with Crippen molar-refractivity contribution in [2.45, 2.75) is 39.0 Å². The van der Waals surface area contributed by atoms with Crippen molar-refractivity contribution in [1.82, 2.24) is 14.3 Å². The molecule has 3 N–H and O–H groups in total. The molecule has 156 valence electrons. The number of nitrogens with two attached hydrogens (primary N) is 1. The van der Waals surface area contributed by atoms with Gasteiger partial charge in [0.05, 0.1) is 23.7 Å². The minimum absolute atomic E-state index is 0.00760. The first-order valence-electron chi connectivity index (χ1n) is 9.97. The molecule has 3 rings (SSSR count). The Morgan fingerprint density at radius 2 is 1.86 bits per heavy atom. The summed E-state index contributed by atoms with van der Waals surface area (Å²) in [5.41, 5.74) is 8.30. The van der Waals surface area contributed by atoms with Crippen LogP contribution in [0, 0.1) is 5.41 Å².